The Morgan fingerprint density at radius 3 is 2.17 bits per heavy atom. The molecule has 5 N–H and O–H groups in total. The van der Waals surface area contributed by atoms with Gasteiger partial charge in [0.15, 0.2) is 0 Å². The summed E-state index contributed by atoms with van der Waals surface area (Å²) in [6.45, 7) is 0. The third-order valence-electron chi connectivity index (χ3n) is 7.07. The predicted octanol–water partition coefficient (Wildman–Crippen LogP) is 6.68. The van der Waals surface area contributed by atoms with Gasteiger partial charge in [-0.05, 0) is 71.8 Å². The molecule has 0 aliphatic rings. The maximum atomic E-state index is 13.7. The highest BCUT2D eigenvalue weighted by Gasteiger charge is 2.24. The lowest BCUT2D eigenvalue weighted by molar-refractivity contribution is -0.116. The van der Waals surface area contributed by atoms with E-state index in [1.54, 1.807) is 110 Å². The van der Waals surface area contributed by atoms with Crippen LogP contribution in [0.15, 0.2) is 144 Å². The van der Waals surface area contributed by atoms with Crippen LogP contribution in [0, 0.1) is 0 Å². The third kappa shape index (κ3) is 8.77. The molecule has 48 heavy (non-hydrogen) atoms. The first-order chi connectivity index (χ1) is 23.3. The van der Waals surface area contributed by atoms with E-state index in [1.807, 2.05) is 36.4 Å². The summed E-state index contributed by atoms with van der Waals surface area (Å²) in [5.41, 5.74) is 8.27. The van der Waals surface area contributed by atoms with E-state index in [2.05, 4.69) is 16.0 Å². The first-order valence-electron chi connectivity index (χ1n) is 14.9. The Balaban J connectivity index is 1.39. The van der Waals surface area contributed by atoms with E-state index in [4.69, 9.17) is 10.5 Å². The minimum atomic E-state index is -0.716. The molecule has 1 atom stereocenters. The van der Waals surface area contributed by atoms with Crippen LogP contribution < -0.4 is 26.4 Å². The fraction of sp³-hybridized carbons (Fsp3) is 0.0526. The molecule has 4 amide bonds. The summed E-state index contributed by atoms with van der Waals surface area (Å²) in [5.74, 6) is -1.42. The zero-order valence-corrected chi connectivity index (χ0v) is 26.7. The molecule has 0 spiro atoms. The molecule has 240 valence electrons. The lowest BCUT2D eigenvalue weighted by Gasteiger charge is -2.18. The van der Waals surface area contributed by atoms with Crippen LogP contribution in [0.3, 0.4) is 0 Å². The van der Waals surface area contributed by atoms with Crippen LogP contribution in [0.4, 0.5) is 11.4 Å². The summed E-state index contributed by atoms with van der Waals surface area (Å²) in [6, 6.07) is 38.5. The molecule has 0 heterocycles. The van der Waals surface area contributed by atoms with Crippen LogP contribution in [0.1, 0.15) is 37.1 Å². The summed E-state index contributed by atoms with van der Waals surface area (Å²) < 4.78 is 5.32. The normalized spacial score (nSPS) is 11.6. The number of amides is 4. The highest BCUT2D eigenvalue weighted by molar-refractivity contribution is 8.00. The quantitative estimate of drug-likeness (QED) is 0.0873. The molecule has 5 rings (SSSR count). The number of hydrogen-bond acceptors (Lipinski definition) is 6. The molecular formula is C38H32N4O5S. The molecule has 0 fully saturated rings. The second kappa shape index (κ2) is 15.9. The highest BCUT2D eigenvalue weighted by atomic mass is 32.2. The molecule has 5 aromatic rings. The monoisotopic (exact) mass is 656 g/mol. The summed E-state index contributed by atoms with van der Waals surface area (Å²) >= 11 is 1.27. The van der Waals surface area contributed by atoms with Crippen molar-refractivity contribution in [3.63, 3.8) is 0 Å². The van der Waals surface area contributed by atoms with Gasteiger partial charge >= 0.3 is 0 Å². The van der Waals surface area contributed by atoms with Crippen LogP contribution >= 0.6 is 11.8 Å². The first-order valence-corrected chi connectivity index (χ1v) is 15.7. The van der Waals surface area contributed by atoms with E-state index < -0.39 is 23.0 Å². The Labute approximate surface area is 282 Å². The van der Waals surface area contributed by atoms with Crippen molar-refractivity contribution in [2.24, 2.45) is 5.73 Å². The minimum absolute atomic E-state index is 0.0184. The number of nitrogens with two attached hydrogens (primary N) is 1. The SMILES string of the molecule is COc1cccc(/C=C(/NC(=O)c2ccccc2)C(=O)Nc2cccc(SC(C(=O)Nc3ccccc3C(N)=O)c3ccccc3)c2)c1. The van der Waals surface area contributed by atoms with Crippen LogP contribution in [0.2, 0.25) is 0 Å². The van der Waals surface area contributed by atoms with Gasteiger partial charge in [0.2, 0.25) is 5.91 Å². The van der Waals surface area contributed by atoms with Gasteiger partial charge in [-0.15, -0.1) is 11.8 Å². The summed E-state index contributed by atoms with van der Waals surface area (Å²) in [6.07, 6.45) is 1.57. The van der Waals surface area contributed by atoms with Crippen molar-refractivity contribution in [2.75, 3.05) is 17.7 Å². The molecule has 0 aliphatic carbocycles. The lowest BCUT2D eigenvalue weighted by Crippen LogP contribution is -2.30. The smallest absolute Gasteiger partial charge is 0.272 e. The van der Waals surface area contributed by atoms with Crippen molar-refractivity contribution in [3.05, 3.63) is 161 Å². The van der Waals surface area contributed by atoms with E-state index in [1.165, 1.54) is 11.8 Å². The van der Waals surface area contributed by atoms with Crippen molar-refractivity contribution in [2.45, 2.75) is 10.1 Å². The fourth-order valence-corrected chi connectivity index (χ4v) is 5.81. The Hall–Kier alpha value is -6.13. The van der Waals surface area contributed by atoms with Crippen molar-refractivity contribution in [1.29, 1.82) is 0 Å². The van der Waals surface area contributed by atoms with Crippen molar-refractivity contribution < 1.29 is 23.9 Å². The molecule has 10 heteroatoms. The number of para-hydroxylation sites is 1. The second-order valence-corrected chi connectivity index (χ2v) is 11.6. The molecule has 0 saturated heterocycles. The molecular weight excluding hydrogens is 625 g/mol. The summed E-state index contributed by atoms with van der Waals surface area (Å²) in [4.78, 5) is 53.1. The number of primary amides is 1. The topological polar surface area (TPSA) is 140 Å². The largest absolute Gasteiger partial charge is 0.497 e. The molecule has 0 saturated carbocycles. The zero-order valence-electron chi connectivity index (χ0n) is 25.9. The summed E-state index contributed by atoms with van der Waals surface area (Å²) in [7, 11) is 1.55. The number of ether oxygens (including phenoxy) is 1. The Kier molecular flexibility index (Phi) is 11.0. The van der Waals surface area contributed by atoms with Crippen molar-refractivity contribution in [1.82, 2.24) is 5.32 Å². The molecule has 5 aromatic carbocycles. The van der Waals surface area contributed by atoms with Gasteiger partial charge in [0.1, 0.15) is 16.7 Å². The number of methoxy groups -OCH3 is 1. The number of nitrogens with one attached hydrogen (secondary N) is 3. The first kappa shape index (κ1) is 33.2. The van der Waals surface area contributed by atoms with E-state index in [-0.39, 0.29) is 17.2 Å². The van der Waals surface area contributed by atoms with Gasteiger partial charge < -0.3 is 26.4 Å². The highest BCUT2D eigenvalue weighted by Crippen LogP contribution is 2.37. The number of thioether (sulfide) groups is 1. The summed E-state index contributed by atoms with van der Waals surface area (Å²) in [5, 5.41) is 7.74. The van der Waals surface area contributed by atoms with Gasteiger partial charge in [0.05, 0.1) is 18.4 Å². The van der Waals surface area contributed by atoms with Gasteiger partial charge in [0.25, 0.3) is 17.7 Å². The van der Waals surface area contributed by atoms with E-state index in [0.29, 0.717) is 33.1 Å². The van der Waals surface area contributed by atoms with Gasteiger partial charge in [-0.1, -0.05) is 78.9 Å². The number of carbonyl (C=O) groups is 4. The van der Waals surface area contributed by atoms with Crippen LogP contribution in [-0.4, -0.2) is 30.7 Å². The minimum Gasteiger partial charge on any atom is -0.497 e. The maximum absolute atomic E-state index is 13.7. The van der Waals surface area contributed by atoms with Crippen LogP contribution in [0.25, 0.3) is 6.08 Å². The lowest BCUT2D eigenvalue weighted by atomic mass is 10.1. The van der Waals surface area contributed by atoms with Crippen LogP contribution in [-0.2, 0) is 9.59 Å². The van der Waals surface area contributed by atoms with Gasteiger partial charge in [-0.3, -0.25) is 19.2 Å². The Morgan fingerprint density at radius 1 is 0.750 bits per heavy atom. The van der Waals surface area contributed by atoms with Crippen LogP contribution in [0.5, 0.6) is 5.75 Å². The third-order valence-corrected chi connectivity index (χ3v) is 8.32. The van der Waals surface area contributed by atoms with Crippen molar-refractivity contribution >= 4 is 52.8 Å². The van der Waals surface area contributed by atoms with Gasteiger partial charge in [0, 0.05) is 16.1 Å². The molecule has 9 nitrogen and oxygen atoms in total. The molecule has 0 bridgehead atoms. The predicted molar refractivity (Wildman–Crippen MR) is 189 cm³/mol. The van der Waals surface area contributed by atoms with E-state index >= 15 is 0 Å². The van der Waals surface area contributed by atoms with E-state index in [9.17, 15) is 19.2 Å². The van der Waals surface area contributed by atoms with Gasteiger partial charge in [-0.2, -0.15) is 0 Å². The average Bonchev–Trinajstić information content (AvgIpc) is 3.11. The Bertz CT molecular complexity index is 1960. The Morgan fingerprint density at radius 2 is 1.44 bits per heavy atom. The number of carbonyl (C=O) groups excluding carboxylic acids is 4. The zero-order chi connectivity index (χ0) is 33.9. The fourth-order valence-electron chi connectivity index (χ4n) is 4.73. The molecule has 0 radical (unpaired) electrons. The van der Waals surface area contributed by atoms with Crippen molar-refractivity contribution in [3.8, 4) is 5.75 Å². The van der Waals surface area contributed by atoms with Gasteiger partial charge in [-0.25, -0.2) is 0 Å². The molecule has 0 aliphatic heterocycles. The standard InChI is InChI=1S/C38H32N4O5S/c1-47-29-18-10-12-25(22-29)23-33(42-36(44)27-15-6-3-7-16-27)37(45)40-28-17-11-19-30(24-28)48-34(26-13-4-2-5-14-26)38(46)41-32-21-9-8-20-31(32)35(39)43/h2-24,34H,1H3,(H2,39,43)(H,40,45)(H,41,46)(H,42,44)/b33-23+. The second-order valence-electron chi connectivity index (χ2n) is 10.4. The number of benzene rings is 5. The average molecular weight is 657 g/mol. The number of hydrogen-bond donors (Lipinski definition) is 4. The van der Waals surface area contributed by atoms with E-state index in [0.717, 1.165) is 5.56 Å². The number of rotatable bonds is 12. The molecule has 1 unspecified atom stereocenters. The maximum Gasteiger partial charge on any atom is 0.272 e. The number of anilines is 2. The molecule has 0 aromatic heterocycles.